The molecule has 4 heteroatoms. The first kappa shape index (κ1) is 12.4. The molecule has 0 atom stereocenters. The molecule has 17 heavy (non-hydrogen) atoms. The van der Waals surface area contributed by atoms with Crippen molar-refractivity contribution in [3.8, 4) is 0 Å². The maximum atomic E-state index is 6.13. The van der Waals surface area contributed by atoms with Crippen molar-refractivity contribution >= 4 is 22.6 Å². The van der Waals surface area contributed by atoms with Crippen LogP contribution in [0.3, 0.4) is 0 Å². The lowest BCUT2D eigenvalue weighted by molar-refractivity contribution is 0.619. The molecule has 0 aliphatic carbocycles. The Balaban J connectivity index is 2.63. The Kier molecular flexibility index (Phi) is 3.38. The Hall–Kier alpha value is -1.09. The maximum absolute atomic E-state index is 6.13. The molecule has 0 fully saturated rings. The molecule has 0 aromatic carbocycles. The molecule has 0 saturated carbocycles. The summed E-state index contributed by atoms with van der Waals surface area (Å²) in [4.78, 5) is 9.24. The third-order valence-electron chi connectivity index (χ3n) is 2.88. The highest BCUT2D eigenvalue weighted by atomic mass is 35.5. The zero-order valence-electron chi connectivity index (χ0n) is 10.8. The SMILES string of the molecule is CCc1nc(CC(C)C)nc2c1cc(Cl)n2C. The van der Waals surface area contributed by atoms with E-state index in [-0.39, 0.29) is 0 Å². The Morgan fingerprint density at radius 3 is 2.65 bits per heavy atom. The van der Waals surface area contributed by atoms with Gasteiger partial charge >= 0.3 is 0 Å². The van der Waals surface area contributed by atoms with Gasteiger partial charge in [0.25, 0.3) is 0 Å². The molecule has 2 heterocycles. The zero-order valence-corrected chi connectivity index (χ0v) is 11.5. The molecule has 0 radical (unpaired) electrons. The third kappa shape index (κ3) is 2.29. The molecule has 2 aromatic heterocycles. The van der Waals surface area contributed by atoms with E-state index in [0.29, 0.717) is 11.1 Å². The van der Waals surface area contributed by atoms with Gasteiger partial charge in [-0.3, -0.25) is 0 Å². The summed E-state index contributed by atoms with van der Waals surface area (Å²) in [7, 11) is 1.94. The Bertz CT molecular complexity index is 543. The third-order valence-corrected chi connectivity index (χ3v) is 3.24. The fraction of sp³-hybridized carbons (Fsp3) is 0.538. The molecule has 0 saturated heterocycles. The quantitative estimate of drug-likeness (QED) is 0.837. The average Bonchev–Trinajstić information content (AvgIpc) is 2.54. The van der Waals surface area contributed by atoms with E-state index in [1.54, 1.807) is 0 Å². The Labute approximate surface area is 107 Å². The summed E-state index contributed by atoms with van der Waals surface area (Å²) in [5.41, 5.74) is 2.03. The number of hydrogen-bond donors (Lipinski definition) is 0. The van der Waals surface area contributed by atoms with Gasteiger partial charge in [0.1, 0.15) is 16.6 Å². The first-order valence-electron chi connectivity index (χ1n) is 6.03. The predicted octanol–water partition coefficient (Wildman–Crippen LogP) is 3.38. The van der Waals surface area contributed by atoms with Crippen LogP contribution < -0.4 is 0 Å². The van der Waals surface area contributed by atoms with E-state index in [0.717, 1.165) is 35.4 Å². The number of halogens is 1. The second kappa shape index (κ2) is 4.65. The summed E-state index contributed by atoms with van der Waals surface area (Å²) in [6, 6.07) is 1.95. The van der Waals surface area contributed by atoms with Crippen molar-refractivity contribution in [3.63, 3.8) is 0 Å². The first-order chi connectivity index (χ1) is 8.02. The molecule has 2 aromatic rings. The fourth-order valence-corrected chi connectivity index (χ4v) is 2.19. The molecule has 0 spiro atoms. The lowest BCUT2D eigenvalue weighted by Gasteiger charge is -2.07. The Morgan fingerprint density at radius 2 is 2.06 bits per heavy atom. The summed E-state index contributed by atoms with van der Waals surface area (Å²) in [5, 5.41) is 1.79. The smallest absolute Gasteiger partial charge is 0.144 e. The summed E-state index contributed by atoms with van der Waals surface area (Å²) in [6.07, 6.45) is 1.82. The van der Waals surface area contributed by atoms with Crippen LogP contribution in [0.4, 0.5) is 0 Å². The van der Waals surface area contributed by atoms with Crippen LogP contribution in [-0.2, 0) is 19.9 Å². The minimum Gasteiger partial charge on any atom is -0.319 e. The van der Waals surface area contributed by atoms with Gasteiger partial charge in [0, 0.05) is 18.9 Å². The van der Waals surface area contributed by atoms with Crippen molar-refractivity contribution in [1.29, 1.82) is 0 Å². The zero-order chi connectivity index (χ0) is 12.6. The largest absolute Gasteiger partial charge is 0.319 e. The van der Waals surface area contributed by atoms with Gasteiger partial charge in [-0.1, -0.05) is 32.4 Å². The monoisotopic (exact) mass is 251 g/mol. The van der Waals surface area contributed by atoms with Gasteiger partial charge in [-0.25, -0.2) is 9.97 Å². The van der Waals surface area contributed by atoms with Crippen LogP contribution in [0.5, 0.6) is 0 Å². The van der Waals surface area contributed by atoms with E-state index in [1.165, 1.54) is 0 Å². The molecule has 0 amide bonds. The summed E-state index contributed by atoms with van der Waals surface area (Å²) >= 11 is 6.13. The molecule has 0 aliphatic heterocycles. The molecule has 2 rings (SSSR count). The summed E-state index contributed by atoms with van der Waals surface area (Å²) < 4.78 is 1.92. The minimum atomic E-state index is 0.563. The van der Waals surface area contributed by atoms with Crippen molar-refractivity contribution in [2.75, 3.05) is 0 Å². The summed E-state index contributed by atoms with van der Waals surface area (Å²) in [6.45, 7) is 6.47. The van der Waals surface area contributed by atoms with Crippen molar-refractivity contribution in [2.24, 2.45) is 13.0 Å². The van der Waals surface area contributed by atoms with Crippen LogP contribution in [0.1, 0.15) is 32.3 Å². The van der Waals surface area contributed by atoms with E-state index >= 15 is 0 Å². The van der Waals surface area contributed by atoms with Gasteiger partial charge in [-0.15, -0.1) is 0 Å². The highest BCUT2D eigenvalue weighted by molar-refractivity contribution is 6.30. The number of aromatic nitrogens is 3. The first-order valence-corrected chi connectivity index (χ1v) is 6.41. The topological polar surface area (TPSA) is 30.7 Å². The van der Waals surface area contributed by atoms with E-state index in [1.807, 2.05) is 17.7 Å². The van der Waals surface area contributed by atoms with Crippen molar-refractivity contribution in [3.05, 3.63) is 22.7 Å². The molecule has 0 N–H and O–H groups in total. The van der Waals surface area contributed by atoms with Gasteiger partial charge in [-0.05, 0) is 18.4 Å². The second-order valence-corrected chi connectivity index (χ2v) is 5.19. The maximum Gasteiger partial charge on any atom is 0.144 e. The van der Waals surface area contributed by atoms with Gasteiger partial charge in [0.2, 0.25) is 0 Å². The minimum absolute atomic E-state index is 0.563. The van der Waals surface area contributed by atoms with E-state index in [2.05, 4.69) is 30.7 Å². The van der Waals surface area contributed by atoms with Crippen LogP contribution in [0.25, 0.3) is 11.0 Å². The lowest BCUT2D eigenvalue weighted by atomic mass is 10.1. The average molecular weight is 252 g/mol. The molecular formula is C13H18ClN3. The van der Waals surface area contributed by atoms with Gasteiger partial charge in [0.15, 0.2) is 0 Å². The number of nitrogens with zero attached hydrogens (tertiary/aromatic N) is 3. The van der Waals surface area contributed by atoms with Crippen LogP contribution >= 0.6 is 11.6 Å². The van der Waals surface area contributed by atoms with Gasteiger partial charge in [0.05, 0.1) is 5.69 Å². The predicted molar refractivity (Wildman–Crippen MR) is 71.4 cm³/mol. The van der Waals surface area contributed by atoms with Crippen LogP contribution in [0.2, 0.25) is 5.15 Å². The van der Waals surface area contributed by atoms with Gasteiger partial charge < -0.3 is 4.57 Å². The van der Waals surface area contributed by atoms with Crippen LogP contribution in [-0.4, -0.2) is 14.5 Å². The molecule has 3 nitrogen and oxygen atoms in total. The van der Waals surface area contributed by atoms with Crippen molar-refractivity contribution < 1.29 is 0 Å². The Morgan fingerprint density at radius 1 is 1.35 bits per heavy atom. The standard InChI is InChI=1S/C13H18ClN3/c1-5-10-9-7-11(14)17(4)13(9)16-12(15-10)6-8(2)3/h7-8H,5-6H2,1-4H3. The number of hydrogen-bond acceptors (Lipinski definition) is 2. The molecule has 92 valence electrons. The molecule has 0 bridgehead atoms. The highest BCUT2D eigenvalue weighted by Gasteiger charge is 2.12. The van der Waals surface area contributed by atoms with Crippen molar-refractivity contribution in [1.82, 2.24) is 14.5 Å². The molecular weight excluding hydrogens is 234 g/mol. The summed E-state index contributed by atoms with van der Waals surface area (Å²) in [5.74, 6) is 1.48. The normalized spacial score (nSPS) is 11.6. The number of aryl methyl sites for hydroxylation is 2. The highest BCUT2D eigenvalue weighted by Crippen LogP contribution is 2.24. The van der Waals surface area contributed by atoms with Crippen molar-refractivity contribution in [2.45, 2.75) is 33.6 Å². The van der Waals surface area contributed by atoms with Crippen LogP contribution in [0.15, 0.2) is 6.07 Å². The molecule has 0 aliphatic rings. The van der Waals surface area contributed by atoms with E-state index in [9.17, 15) is 0 Å². The lowest BCUT2D eigenvalue weighted by Crippen LogP contribution is -2.05. The second-order valence-electron chi connectivity index (χ2n) is 4.80. The van der Waals surface area contributed by atoms with Gasteiger partial charge in [-0.2, -0.15) is 0 Å². The van der Waals surface area contributed by atoms with Crippen LogP contribution in [0, 0.1) is 5.92 Å². The molecule has 0 unspecified atom stereocenters. The van der Waals surface area contributed by atoms with E-state index in [4.69, 9.17) is 11.6 Å². The number of rotatable bonds is 3. The van der Waals surface area contributed by atoms with E-state index < -0.39 is 0 Å². The fourth-order valence-electron chi connectivity index (χ4n) is 2.00. The number of fused-ring (bicyclic) bond motifs is 1.